The van der Waals surface area contributed by atoms with Gasteiger partial charge in [-0.2, -0.15) is 0 Å². The van der Waals surface area contributed by atoms with Gasteiger partial charge in [0.2, 0.25) is 0 Å². The molecule has 0 aliphatic rings. The first-order valence-electron chi connectivity index (χ1n) is 8.07. The Balaban J connectivity index is 2.11. The molecule has 0 aliphatic carbocycles. The fourth-order valence-electron chi connectivity index (χ4n) is 2.31. The third kappa shape index (κ3) is 4.39. The van der Waals surface area contributed by atoms with Gasteiger partial charge in [0.1, 0.15) is 5.01 Å². The number of nitrogens with one attached hydrogen (secondary N) is 1. The summed E-state index contributed by atoms with van der Waals surface area (Å²) in [5.74, 6) is 0. The third-order valence-corrected chi connectivity index (χ3v) is 4.86. The van der Waals surface area contributed by atoms with Crippen LogP contribution in [0.1, 0.15) is 49.7 Å². The minimum atomic E-state index is 0.952. The van der Waals surface area contributed by atoms with Crippen molar-refractivity contribution in [1.82, 2.24) is 10.3 Å². The van der Waals surface area contributed by atoms with Gasteiger partial charge in [-0.05, 0) is 31.4 Å². The van der Waals surface area contributed by atoms with Crippen molar-refractivity contribution in [2.75, 3.05) is 6.54 Å². The van der Waals surface area contributed by atoms with Crippen LogP contribution in [0.3, 0.4) is 0 Å². The molecule has 0 fully saturated rings. The van der Waals surface area contributed by atoms with Crippen LogP contribution < -0.4 is 5.32 Å². The summed E-state index contributed by atoms with van der Waals surface area (Å²) in [4.78, 5) is 6.22. The third-order valence-electron chi connectivity index (χ3n) is 3.71. The lowest BCUT2D eigenvalue weighted by molar-refractivity contribution is 0.642. The maximum atomic E-state index is 4.83. The molecule has 1 aromatic heterocycles. The molecule has 2 rings (SSSR count). The number of unbranched alkanes of at least 4 members (excludes halogenated alkanes) is 1. The van der Waals surface area contributed by atoms with Crippen LogP contribution in [0.15, 0.2) is 24.3 Å². The van der Waals surface area contributed by atoms with Crippen LogP contribution in [0.2, 0.25) is 0 Å². The Labute approximate surface area is 132 Å². The molecule has 114 valence electrons. The van der Waals surface area contributed by atoms with Gasteiger partial charge in [-0.1, -0.05) is 51.5 Å². The smallest absolute Gasteiger partial charge is 0.123 e. The van der Waals surface area contributed by atoms with Crippen molar-refractivity contribution in [3.05, 3.63) is 40.4 Å². The van der Waals surface area contributed by atoms with Crippen LogP contribution in [0.4, 0.5) is 0 Å². The van der Waals surface area contributed by atoms with Crippen molar-refractivity contribution < 1.29 is 0 Å². The van der Waals surface area contributed by atoms with Crippen LogP contribution in [0, 0.1) is 0 Å². The Morgan fingerprint density at radius 2 is 1.81 bits per heavy atom. The maximum Gasteiger partial charge on any atom is 0.123 e. The summed E-state index contributed by atoms with van der Waals surface area (Å²) >= 11 is 1.84. The van der Waals surface area contributed by atoms with E-state index in [1.54, 1.807) is 0 Å². The molecule has 0 atom stereocenters. The lowest BCUT2D eigenvalue weighted by Crippen LogP contribution is -2.14. The molecule has 0 saturated heterocycles. The number of rotatable bonds is 8. The lowest BCUT2D eigenvalue weighted by Gasteiger charge is -2.02. The minimum Gasteiger partial charge on any atom is -0.312 e. The van der Waals surface area contributed by atoms with E-state index in [0.29, 0.717) is 0 Å². The average Bonchev–Trinajstić information content (AvgIpc) is 2.95. The first kappa shape index (κ1) is 16.2. The Hall–Kier alpha value is -1.19. The number of benzene rings is 1. The Morgan fingerprint density at radius 3 is 2.43 bits per heavy atom. The van der Waals surface area contributed by atoms with E-state index in [-0.39, 0.29) is 0 Å². The SMILES string of the molecule is CCCCNCc1sc(-c2ccc(CC)cc2)nc1CC. The standard InChI is InChI=1S/C18H26N2S/c1-4-7-12-19-13-17-16(6-3)20-18(21-17)15-10-8-14(5-2)9-11-15/h8-11,19H,4-7,12-13H2,1-3H3. The predicted molar refractivity (Wildman–Crippen MR) is 92.9 cm³/mol. The molecule has 1 heterocycles. The van der Waals surface area contributed by atoms with E-state index in [1.165, 1.54) is 34.5 Å². The molecular formula is C18H26N2S. The zero-order valence-electron chi connectivity index (χ0n) is 13.4. The highest BCUT2D eigenvalue weighted by Crippen LogP contribution is 2.28. The summed E-state index contributed by atoms with van der Waals surface area (Å²) in [7, 11) is 0. The molecule has 0 aliphatic heterocycles. The molecule has 0 saturated carbocycles. The Morgan fingerprint density at radius 1 is 1.05 bits per heavy atom. The summed E-state index contributed by atoms with van der Waals surface area (Å²) in [5.41, 5.74) is 3.87. The van der Waals surface area contributed by atoms with Gasteiger partial charge in [0.25, 0.3) is 0 Å². The highest BCUT2D eigenvalue weighted by atomic mass is 32.1. The second-order valence-corrected chi connectivity index (χ2v) is 6.41. The van der Waals surface area contributed by atoms with Gasteiger partial charge in [-0.3, -0.25) is 0 Å². The first-order chi connectivity index (χ1) is 10.3. The highest BCUT2D eigenvalue weighted by molar-refractivity contribution is 7.15. The van der Waals surface area contributed by atoms with Crippen LogP contribution in [-0.2, 0) is 19.4 Å². The van der Waals surface area contributed by atoms with E-state index < -0.39 is 0 Å². The average molecular weight is 302 g/mol. The fourth-order valence-corrected chi connectivity index (χ4v) is 3.43. The number of hydrogen-bond acceptors (Lipinski definition) is 3. The van der Waals surface area contributed by atoms with Gasteiger partial charge in [0, 0.05) is 17.0 Å². The van der Waals surface area contributed by atoms with Crippen LogP contribution in [0.5, 0.6) is 0 Å². The van der Waals surface area contributed by atoms with Crippen molar-refractivity contribution in [1.29, 1.82) is 0 Å². The first-order valence-corrected chi connectivity index (χ1v) is 8.88. The quantitative estimate of drug-likeness (QED) is 0.707. The van der Waals surface area contributed by atoms with Gasteiger partial charge in [0.05, 0.1) is 5.69 Å². The van der Waals surface area contributed by atoms with Crippen LogP contribution in [0.25, 0.3) is 10.6 Å². The zero-order valence-corrected chi connectivity index (χ0v) is 14.2. The molecule has 1 N–H and O–H groups in total. The van der Waals surface area contributed by atoms with Gasteiger partial charge < -0.3 is 5.32 Å². The minimum absolute atomic E-state index is 0.952. The van der Waals surface area contributed by atoms with Gasteiger partial charge in [0.15, 0.2) is 0 Å². The number of aromatic nitrogens is 1. The predicted octanol–water partition coefficient (Wildman–Crippen LogP) is 4.82. The van der Waals surface area contributed by atoms with Crippen molar-refractivity contribution >= 4 is 11.3 Å². The lowest BCUT2D eigenvalue weighted by atomic mass is 10.1. The molecule has 2 aromatic rings. The molecule has 0 radical (unpaired) electrons. The number of thiazole rings is 1. The zero-order chi connectivity index (χ0) is 15.1. The topological polar surface area (TPSA) is 24.9 Å². The van der Waals surface area contributed by atoms with E-state index in [4.69, 9.17) is 4.98 Å². The monoisotopic (exact) mass is 302 g/mol. The molecule has 3 heteroatoms. The second kappa shape index (κ2) is 8.30. The van der Waals surface area contributed by atoms with Crippen molar-refractivity contribution in [2.24, 2.45) is 0 Å². The molecule has 0 amide bonds. The van der Waals surface area contributed by atoms with E-state index in [0.717, 1.165) is 30.9 Å². The molecule has 21 heavy (non-hydrogen) atoms. The molecule has 0 spiro atoms. The van der Waals surface area contributed by atoms with E-state index in [1.807, 2.05) is 11.3 Å². The second-order valence-electron chi connectivity index (χ2n) is 5.32. The summed E-state index contributed by atoms with van der Waals surface area (Å²) in [6.07, 6.45) is 4.58. The summed E-state index contributed by atoms with van der Waals surface area (Å²) < 4.78 is 0. The largest absolute Gasteiger partial charge is 0.312 e. The molecule has 0 unspecified atom stereocenters. The van der Waals surface area contributed by atoms with Crippen LogP contribution in [-0.4, -0.2) is 11.5 Å². The Bertz CT molecular complexity index is 543. The maximum absolute atomic E-state index is 4.83. The summed E-state index contributed by atoms with van der Waals surface area (Å²) in [5, 5.41) is 4.69. The van der Waals surface area contributed by atoms with Gasteiger partial charge >= 0.3 is 0 Å². The van der Waals surface area contributed by atoms with Crippen LogP contribution >= 0.6 is 11.3 Å². The van der Waals surface area contributed by atoms with Crippen molar-refractivity contribution in [3.8, 4) is 10.6 Å². The van der Waals surface area contributed by atoms with E-state index >= 15 is 0 Å². The van der Waals surface area contributed by atoms with Gasteiger partial charge in [-0.15, -0.1) is 11.3 Å². The van der Waals surface area contributed by atoms with Crippen molar-refractivity contribution in [2.45, 2.75) is 53.0 Å². The highest BCUT2D eigenvalue weighted by Gasteiger charge is 2.11. The number of hydrogen-bond donors (Lipinski definition) is 1. The fraction of sp³-hybridized carbons (Fsp3) is 0.500. The molecule has 1 aromatic carbocycles. The Kier molecular flexibility index (Phi) is 6.40. The molecule has 2 nitrogen and oxygen atoms in total. The number of nitrogens with zero attached hydrogens (tertiary/aromatic N) is 1. The van der Waals surface area contributed by atoms with Crippen molar-refractivity contribution in [3.63, 3.8) is 0 Å². The van der Waals surface area contributed by atoms with E-state index in [9.17, 15) is 0 Å². The summed E-state index contributed by atoms with van der Waals surface area (Å²) in [6.45, 7) is 8.65. The normalized spacial score (nSPS) is 11.0. The van der Waals surface area contributed by atoms with E-state index in [2.05, 4.69) is 50.4 Å². The molecule has 0 bridgehead atoms. The van der Waals surface area contributed by atoms with Gasteiger partial charge in [-0.25, -0.2) is 4.98 Å². The number of aryl methyl sites for hydroxylation is 2. The molecular weight excluding hydrogens is 276 g/mol. The summed E-state index contributed by atoms with van der Waals surface area (Å²) in [6, 6.07) is 8.82.